The summed E-state index contributed by atoms with van der Waals surface area (Å²) in [6.07, 6.45) is 0. The van der Waals surface area contributed by atoms with Crippen molar-refractivity contribution in [2.75, 3.05) is 5.32 Å². The fourth-order valence-corrected chi connectivity index (χ4v) is 2.12. The molecule has 0 saturated heterocycles. The topological polar surface area (TPSA) is 41.1 Å². The van der Waals surface area contributed by atoms with E-state index in [0.717, 1.165) is 29.4 Å². The fraction of sp³-hybridized carbons (Fsp3) is 0.188. The molecule has 1 amide bonds. The molecule has 0 bridgehead atoms. The van der Waals surface area contributed by atoms with Crippen LogP contribution in [-0.4, -0.2) is 5.91 Å². The number of benzene rings is 2. The first-order valence-corrected chi connectivity index (χ1v) is 6.83. The molecule has 0 unspecified atom stereocenters. The van der Waals surface area contributed by atoms with Gasteiger partial charge in [-0.05, 0) is 35.4 Å². The molecule has 2 rings (SSSR count). The second kappa shape index (κ2) is 7.08. The van der Waals surface area contributed by atoms with Gasteiger partial charge in [-0.15, -0.1) is 0 Å². The molecule has 0 aliphatic carbocycles. The van der Waals surface area contributed by atoms with Crippen LogP contribution in [0.25, 0.3) is 0 Å². The van der Waals surface area contributed by atoms with Gasteiger partial charge >= 0.3 is 0 Å². The zero-order valence-corrected chi connectivity index (χ0v) is 12.1. The van der Waals surface area contributed by atoms with Crippen molar-refractivity contribution < 1.29 is 4.79 Å². The maximum Gasteiger partial charge on any atom is 0.221 e. The summed E-state index contributed by atoms with van der Waals surface area (Å²) in [6, 6.07) is 15.6. The summed E-state index contributed by atoms with van der Waals surface area (Å²) in [5.74, 6) is -0.0585. The Balaban J connectivity index is 1.83. The molecule has 2 aromatic carbocycles. The van der Waals surface area contributed by atoms with Gasteiger partial charge in [0.25, 0.3) is 0 Å². The number of rotatable bonds is 5. The highest BCUT2D eigenvalue weighted by Crippen LogP contribution is 2.11. The number of halogens is 1. The van der Waals surface area contributed by atoms with Crippen LogP contribution in [0.1, 0.15) is 18.1 Å². The largest absolute Gasteiger partial charge is 0.326 e. The minimum Gasteiger partial charge on any atom is -0.326 e. The molecule has 3 nitrogen and oxygen atoms in total. The van der Waals surface area contributed by atoms with Gasteiger partial charge in [0.15, 0.2) is 0 Å². The summed E-state index contributed by atoms with van der Waals surface area (Å²) in [4.78, 5) is 10.9. The lowest BCUT2D eigenvalue weighted by molar-refractivity contribution is -0.114. The van der Waals surface area contributed by atoms with E-state index in [4.69, 9.17) is 11.6 Å². The van der Waals surface area contributed by atoms with Crippen molar-refractivity contribution in [3.8, 4) is 0 Å². The first-order valence-electron chi connectivity index (χ1n) is 6.45. The van der Waals surface area contributed by atoms with Crippen LogP contribution in [-0.2, 0) is 17.9 Å². The highest BCUT2D eigenvalue weighted by atomic mass is 35.5. The van der Waals surface area contributed by atoms with Crippen LogP contribution in [0.2, 0.25) is 5.02 Å². The van der Waals surface area contributed by atoms with Crippen molar-refractivity contribution in [3.05, 3.63) is 64.7 Å². The quantitative estimate of drug-likeness (QED) is 0.883. The maximum atomic E-state index is 10.9. The number of carbonyl (C=O) groups is 1. The zero-order valence-electron chi connectivity index (χ0n) is 11.3. The molecule has 0 atom stereocenters. The van der Waals surface area contributed by atoms with Crippen LogP contribution in [0.15, 0.2) is 48.5 Å². The molecule has 0 aliphatic rings. The van der Waals surface area contributed by atoms with E-state index in [2.05, 4.69) is 10.6 Å². The summed E-state index contributed by atoms with van der Waals surface area (Å²) in [5.41, 5.74) is 3.14. The Labute approximate surface area is 124 Å². The third-order valence-corrected chi connectivity index (χ3v) is 3.06. The van der Waals surface area contributed by atoms with Gasteiger partial charge in [0.05, 0.1) is 0 Å². The number of hydrogen-bond donors (Lipinski definition) is 2. The molecule has 2 aromatic rings. The monoisotopic (exact) mass is 288 g/mol. The third-order valence-electron chi connectivity index (χ3n) is 2.82. The lowest BCUT2D eigenvalue weighted by atomic mass is 10.2. The summed E-state index contributed by atoms with van der Waals surface area (Å²) in [6.45, 7) is 3.04. The standard InChI is InChI=1S/C16H17ClN2O/c1-12(20)19-16-7-5-13(6-8-16)10-18-11-14-3-2-4-15(17)9-14/h2-9,18H,10-11H2,1H3,(H,19,20). The molecule has 0 fully saturated rings. The molecule has 20 heavy (non-hydrogen) atoms. The maximum absolute atomic E-state index is 10.9. The second-order valence-electron chi connectivity index (χ2n) is 4.61. The van der Waals surface area contributed by atoms with E-state index in [-0.39, 0.29) is 5.91 Å². The average molecular weight is 289 g/mol. The molecular weight excluding hydrogens is 272 g/mol. The highest BCUT2D eigenvalue weighted by molar-refractivity contribution is 6.30. The van der Waals surface area contributed by atoms with Crippen molar-refractivity contribution in [1.82, 2.24) is 5.32 Å². The summed E-state index contributed by atoms with van der Waals surface area (Å²) in [7, 11) is 0. The minimum absolute atomic E-state index is 0.0585. The molecule has 0 aliphatic heterocycles. The Morgan fingerprint density at radius 3 is 2.40 bits per heavy atom. The lowest BCUT2D eigenvalue weighted by Crippen LogP contribution is -2.12. The normalized spacial score (nSPS) is 10.3. The smallest absolute Gasteiger partial charge is 0.221 e. The number of carbonyl (C=O) groups excluding carboxylic acids is 1. The molecule has 0 heterocycles. The van der Waals surface area contributed by atoms with E-state index in [0.29, 0.717) is 0 Å². The Hall–Kier alpha value is -1.84. The average Bonchev–Trinajstić information content (AvgIpc) is 2.40. The lowest BCUT2D eigenvalue weighted by Gasteiger charge is -2.07. The first-order chi connectivity index (χ1) is 9.63. The van der Waals surface area contributed by atoms with Crippen LogP contribution in [0, 0.1) is 0 Å². The summed E-state index contributed by atoms with van der Waals surface area (Å²) in [5, 5.41) is 6.86. The Bertz CT molecular complexity index is 581. The fourth-order valence-electron chi connectivity index (χ4n) is 1.91. The van der Waals surface area contributed by atoms with Gasteiger partial charge in [0, 0.05) is 30.7 Å². The van der Waals surface area contributed by atoms with E-state index < -0.39 is 0 Å². The molecule has 0 aromatic heterocycles. The van der Waals surface area contributed by atoms with E-state index in [1.807, 2.05) is 48.5 Å². The van der Waals surface area contributed by atoms with Crippen molar-refractivity contribution in [1.29, 1.82) is 0 Å². The summed E-state index contributed by atoms with van der Waals surface area (Å²) >= 11 is 5.94. The molecule has 2 N–H and O–H groups in total. The van der Waals surface area contributed by atoms with Crippen LogP contribution in [0.3, 0.4) is 0 Å². The molecule has 4 heteroatoms. The molecule has 0 radical (unpaired) electrons. The van der Waals surface area contributed by atoms with Gasteiger partial charge in [0.1, 0.15) is 0 Å². The number of nitrogens with one attached hydrogen (secondary N) is 2. The van der Waals surface area contributed by atoms with Crippen molar-refractivity contribution in [2.45, 2.75) is 20.0 Å². The van der Waals surface area contributed by atoms with E-state index in [1.54, 1.807) is 0 Å². The van der Waals surface area contributed by atoms with Crippen molar-refractivity contribution in [3.63, 3.8) is 0 Å². The Kier molecular flexibility index (Phi) is 5.16. The first kappa shape index (κ1) is 14.6. The molecule has 104 valence electrons. The van der Waals surface area contributed by atoms with E-state index in [1.165, 1.54) is 12.5 Å². The van der Waals surface area contributed by atoms with E-state index in [9.17, 15) is 4.79 Å². The zero-order chi connectivity index (χ0) is 14.4. The van der Waals surface area contributed by atoms with Gasteiger partial charge in [-0.1, -0.05) is 35.9 Å². The molecule has 0 saturated carbocycles. The summed E-state index contributed by atoms with van der Waals surface area (Å²) < 4.78 is 0. The molecular formula is C16H17ClN2O. The predicted molar refractivity (Wildman–Crippen MR) is 82.7 cm³/mol. The van der Waals surface area contributed by atoms with Crippen LogP contribution in [0.4, 0.5) is 5.69 Å². The highest BCUT2D eigenvalue weighted by Gasteiger charge is 1.98. The van der Waals surface area contributed by atoms with Gasteiger partial charge < -0.3 is 10.6 Å². The third kappa shape index (κ3) is 4.68. The van der Waals surface area contributed by atoms with E-state index >= 15 is 0 Å². The van der Waals surface area contributed by atoms with Crippen LogP contribution >= 0.6 is 11.6 Å². The Morgan fingerprint density at radius 1 is 1.05 bits per heavy atom. The predicted octanol–water partition coefficient (Wildman–Crippen LogP) is 3.59. The van der Waals surface area contributed by atoms with Crippen molar-refractivity contribution in [2.24, 2.45) is 0 Å². The van der Waals surface area contributed by atoms with Crippen LogP contribution in [0.5, 0.6) is 0 Å². The number of hydrogen-bond acceptors (Lipinski definition) is 2. The SMILES string of the molecule is CC(=O)Nc1ccc(CNCc2cccc(Cl)c2)cc1. The second-order valence-corrected chi connectivity index (χ2v) is 5.05. The number of amides is 1. The van der Waals surface area contributed by atoms with Gasteiger partial charge in [0.2, 0.25) is 5.91 Å². The van der Waals surface area contributed by atoms with Crippen LogP contribution < -0.4 is 10.6 Å². The minimum atomic E-state index is -0.0585. The van der Waals surface area contributed by atoms with Crippen molar-refractivity contribution >= 4 is 23.2 Å². The number of anilines is 1. The van der Waals surface area contributed by atoms with Gasteiger partial charge in [-0.25, -0.2) is 0 Å². The van der Waals surface area contributed by atoms with Gasteiger partial charge in [-0.3, -0.25) is 4.79 Å². The Morgan fingerprint density at radius 2 is 1.75 bits per heavy atom. The molecule has 0 spiro atoms. The van der Waals surface area contributed by atoms with Gasteiger partial charge in [-0.2, -0.15) is 0 Å².